The fraction of sp³-hybridized carbons (Fsp3) is 0.167. The second-order valence-corrected chi connectivity index (χ2v) is 5.11. The number of anilines is 1. The quantitative estimate of drug-likeness (QED) is 0.587. The van der Waals surface area contributed by atoms with Gasteiger partial charge in [-0.15, -0.1) is 0 Å². The highest BCUT2D eigenvalue weighted by atomic mass is 16.5. The molecular weight excluding hydrogens is 336 g/mol. The van der Waals surface area contributed by atoms with Crippen LogP contribution in [0.2, 0.25) is 0 Å². The molecule has 0 saturated heterocycles. The predicted molar refractivity (Wildman–Crippen MR) is 98.3 cm³/mol. The summed E-state index contributed by atoms with van der Waals surface area (Å²) in [6, 6.07) is 15.2. The van der Waals surface area contributed by atoms with Gasteiger partial charge < -0.3 is 15.2 Å². The molecule has 2 aromatic rings. The third kappa shape index (κ3) is 6.16. The van der Waals surface area contributed by atoms with Crippen LogP contribution in [0.25, 0.3) is 0 Å². The maximum Gasteiger partial charge on any atom is 0.411 e. The van der Waals surface area contributed by atoms with Gasteiger partial charge in [-0.05, 0) is 42.0 Å². The molecule has 0 aliphatic rings. The van der Waals surface area contributed by atoms with Gasteiger partial charge in [0.15, 0.2) is 0 Å². The number of methoxy groups -OCH3 is 1. The lowest BCUT2D eigenvalue weighted by Gasteiger charge is -2.14. The van der Waals surface area contributed by atoms with Crippen LogP contribution in [-0.2, 0) is 4.74 Å². The Kier molecular flexibility index (Phi) is 6.99. The Hall–Kier alpha value is -3.55. The molecule has 0 radical (unpaired) electrons. The average Bonchev–Trinajstić information content (AvgIpc) is 2.65. The van der Waals surface area contributed by atoms with Crippen LogP contribution >= 0.6 is 0 Å². The van der Waals surface area contributed by atoms with Gasteiger partial charge >= 0.3 is 12.1 Å². The highest BCUT2D eigenvalue weighted by Crippen LogP contribution is 2.10. The number of ether oxygens (including phenoxy) is 2. The van der Waals surface area contributed by atoms with Gasteiger partial charge in [0.1, 0.15) is 12.4 Å². The van der Waals surface area contributed by atoms with Gasteiger partial charge in [-0.25, -0.2) is 14.6 Å². The van der Waals surface area contributed by atoms with Crippen LogP contribution < -0.4 is 15.8 Å². The first-order valence-corrected chi connectivity index (χ1v) is 7.82. The van der Waals surface area contributed by atoms with Crippen LogP contribution in [0, 0.1) is 0 Å². The number of hydrogen-bond donors (Lipinski definition) is 2. The molecule has 0 heterocycles. The molecule has 0 atom stereocenters. The van der Waals surface area contributed by atoms with E-state index < -0.39 is 12.1 Å². The van der Waals surface area contributed by atoms with Crippen molar-refractivity contribution in [3.8, 4) is 5.75 Å². The minimum absolute atomic E-state index is 0.0319. The van der Waals surface area contributed by atoms with Crippen molar-refractivity contribution in [2.75, 3.05) is 25.6 Å². The number of hydrogen-bond acceptors (Lipinski definition) is 5. The van der Waals surface area contributed by atoms with E-state index in [0.717, 1.165) is 10.6 Å². The second kappa shape index (κ2) is 9.67. The average molecular weight is 356 g/mol. The molecule has 3 amide bonds. The first-order valence-electron chi connectivity index (χ1n) is 7.82. The van der Waals surface area contributed by atoms with E-state index in [2.05, 4.69) is 10.4 Å². The van der Waals surface area contributed by atoms with Crippen molar-refractivity contribution in [1.29, 1.82) is 0 Å². The highest BCUT2D eigenvalue weighted by Gasteiger charge is 2.09. The number of nitrogens with two attached hydrogens (primary N) is 1. The minimum Gasteiger partial charge on any atom is -0.497 e. The van der Waals surface area contributed by atoms with Crippen LogP contribution in [0.15, 0.2) is 59.7 Å². The number of hydrazone groups is 1. The highest BCUT2D eigenvalue weighted by molar-refractivity contribution is 5.84. The van der Waals surface area contributed by atoms with Gasteiger partial charge in [0, 0.05) is 5.69 Å². The van der Waals surface area contributed by atoms with Crippen LogP contribution in [0.3, 0.4) is 0 Å². The van der Waals surface area contributed by atoms with Gasteiger partial charge in [-0.3, -0.25) is 5.32 Å². The molecule has 0 fully saturated rings. The summed E-state index contributed by atoms with van der Waals surface area (Å²) in [6.45, 7) is -0.0221. The summed E-state index contributed by atoms with van der Waals surface area (Å²) in [6.07, 6.45) is 0.855. The summed E-state index contributed by atoms with van der Waals surface area (Å²) in [5.41, 5.74) is 6.66. The Morgan fingerprint density at radius 3 is 2.46 bits per heavy atom. The van der Waals surface area contributed by atoms with Gasteiger partial charge in [0.05, 0.1) is 19.9 Å². The lowest BCUT2D eigenvalue weighted by Crippen LogP contribution is -2.34. The van der Waals surface area contributed by atoms with Crippen molar-refractivity contribution in [2.45, 2.75) is 0 Å². The maximum atomic E-state index is 11.7. The van der Waals surface area contributed by atoms with Crippen LogP contribution in [-0.4, -0.2) is 43.6 Å². The number of carbonyl (C=O) groups excluding carboxylic acids is 2. The van der Waals surface area contributed by atoms with E-state index in [9.17, 15) is 9.59 Å². The van der Waals surface area contributed by atoms with Crippen molar-refractivity contribution in [3.63, 3.8) is 0 Å². The van der Waals surface area contributed by atoms with E-state index in [4.69, 9.17) is 15.2 Å². The Labute approximate surface area is 151 Å². The molecule has 2 rings (SSSR count). The Bertz CT molecular complexity index is 748. The number of benzene rings is 2. The molecule has 0 bridgehead atoms. The summed E-state index contributed by atoms with van der Waals surface area (Å²) in [7, 11) is 1.58. The standard InChI is InChI=1S/C18H20N4O4/c1-25-16-9-7-14(8-10-16)13-20-22(17(19)23)11-12-26-18(24)21-15-5-3-2-4-6-15/h2-10,13H,11-12H2,1H3,(H2,19,23)(H,21,24)/b20-13+. The summed E-state index contributed by atoms with van der Waals surface area (Å²) >= 11 is 0. The van der Waals surface area contributed by atoms with Crippen molar-refractivity contribution < 1.29 is 19.1 Å². The molecule has 26 heavy (non-hydrogen) atoms. The summed E-state index contributed by atoms with van der Waals surface area (Å²) in [5, 5.41) is 7.59. The number of rotatable bonds is 7. The molecule has 8 nitrogen and oxygen atoms in total. The monoisotopic (exact) mass is 356 g/mol. The molecule has 0 saturated carbocycles. The first-order chi connectivity index (χ1) is 12.6. The molecular formula is C18H20N4O4. The normalized spacial score (nSPS) is 10.3. The predicted octanol–water partition coefficient (Wildman–Crippen LogP) is 2.66. The SMILES string of the molecule is COc1ccc(/C=N/N(CCOC(=O)Nc2ccccc2)C(N)=O)cc1. The number of amides is 3. The van der Waals surface area contributed by atoms with E-state index in [0.29, 0.717) is 11.4 Å². The molecule has 136 valence electrons. The first kappa shape index (κ1) is 18.8. The van der Waals surface area contributed by atoms with Gasteiger partial charge in [0.2, 0.25) is 0 Å². The zero-order chi connectivity index (χ0) is 18.8. The maximum absolute atomic E-state index is 11.7. The smallest absolute Gasteiger partial charge is 0.411 e. The fourth-order valence-corrected chi connectivity index (χ4v) is 1.95. The number of nitrogens with zero attached hydrogens (tertiary/aromatic N) is 2. The molecule has 0 unspecified atom stereocenters. The molecule has 2 aromatic carbocycles. The van der Waals surface area contributed by atoms with Gasteiger partial charge in [-0.2, -0.15) is 5.10 Å². The lowest BCUT2D eigenvalue weighted by atomic mass is 10.2. The number of urea groups is 1. The Morgan fingerprint density at radius 2 is 1.85 bits per heavy atom. The summed E-state index contributed by atoms with van der Waals surface area (Å²) in [4.78, 5) is 23.1. The van der Waals surface area contributed by atoms with E-state index >= 15 is 0 Å². The van der Waals surface area contributed by atoms with E-state index in [1.165, 1.54) is 6.21 Å². The minimum atomic E-state index is -0.748. The number of carbonyl (C=O) groups is 2. The fourth-order valence-electron chi connectivity index (χ4n) is 1.95. The molecule has 8 heteroatoms. The lowest BCUT2D eigenvalue weighted by molar-refractivity contribution is 0.144. The number of primary amides is 1. The van der Waals surface area contributed by atoms with E-state index in [-0.39, 0.29) is 13.2 Å². The molecule has 0 aliphatic heterocycles. The van der Waals surface area contributed by atoms with Crippen LogP contribution in [0.5, 0.6) is 5.75 Å². The van der Waals surface area contributed by atoms with E-state index in [1.807, 2.05) is 6.07 Å². The van der Waals surface area contributed by atoms with Crippen molar-refractivity contribution in [2.24, 2.45) is 10.8 Å². The Morgan fingerprint density at radius 1 is 1.15 bits per heavy atom. The molecule has 0 spiro atoms. The van der Waals surface area contributed by atoms with Crippen LogP contribution in [0.1, 0.15) is 5.56 Å². The van der Waals surface area contributed by atoms with Crippen LogP contribution in [0.4, 0.5) is 15.3 Å². The largest absolute Gasteiger partial charge is 0.497 e. The molecule has 3 N–H and O–H groups in total. The number of nitrogens with one attached hydrogen (secondary N) is 1. The topological polar surface area (TPSA) is 106 Å². The molecule has 0 aromatic heterocycles. The van der Waals surface area contributed by atoms with Crippen molar-refractivity contribution in [3.05, 3.63) is 60.2 Å². The Balaban J connectivity index is 1.82. The summed E-state index contributed by atoms with van der Waals surface area (Å²) < 4.78 is 10.1. The van der Waals surface area contributed by atoms with Gasteiger partial charge in [0.25, 0.3) is 0 Å². The third-order valence-electron chi connectivity index (χ3n) is 3.27. The number of para-hydroxylation sites is 1. The van der Waals surface area contributed by atoms with Gasteiger partial charge in [-0.1, -0.05) is 18.2 Å². The summed E-state index contributed by atoms with van der Waals surface area (Å²) in [5.74, 6) is 0.715. The zero-order valence-electron chi connectivity index (χ0n) is 14.3. The van der Waals surface area contributed by atoms with Crippen molar-refractivity contribution >= 4 is 24.0 Å². The van der Waals surface area contributed by atoms with E-state index in [1.54, 1.807) is 55.6 Å². The third-order valence-corrected chi connectivity index (χ3v) is 3.27. The zero-order valence-corrected chi connectivity index (χ0v) is 14.3. The van der Waals surface area contributed by atoms with Crippen molar-refractivity contribution in [1.82, 2.24) is 5.01 Å². The second-order valence-electron chi connectivity index (χ2n) is 5.11. The molecule has 0 aliphatic carbocycles.